The van der Waals surface area contributed by atoms with Gasteiger partial charge in [0.05, 0.1) is 7.11 Å². The van der Waals surface area contributed by atoms with E-state index in [1.807, 2.05) is 30.3 Å². The van der Waals surface area contributed by atoms with E-state index in [0.717, 1.165) is 11.3 Å². The molecule has 1 aromatic carbocycles. The van der Waals surface area contributed by atoms with Gasteiger partial charge in [-0.25, -0.2) is 9.97 Å². The number of hydrogen-bond donors (Lipinski definition) is 0. The molecule has 78 valence electrons. The third-order valence-corrected chi connectivity index (χ3v) is 2.10. The van der Waals surface area contributed by atoms with Crippen molar-refractivity contribution in [3.8, 4) is 23.2 Å². The minimum atomic E-state index is 0.354. The Kier molecular flexibility index (Phi) is 2.79. The van der Waals surface area contributed by atoms with Gasteiger partial charge in [-0.2, -0.15) is 5.26 Å². The lowest BCUT2D eigenvalue weighted by Gasteiger charge is -2.02. The Hall–Kier alpha value is -2.41. The molecule has 16 heavy (non-hydrogen) atoms. The number of hydrogen-bond acceptors (Lipinski definition) is 4. The van der Waals surface area contributed by atoms with Crippen molar-refractivity contribution in [1.82, 2.24) is 9.97 Å². The van der Waals surface area contributed by atoms with Gasteiger partial charge in [-0.3, -0.25) is 0 Å². The molecule has 1 heterocycles. The summed E-state index contributed by atoms with van der Waals surface area (Å²) in [4.78, 5) is 8.22. The van der Waals surface area contributed by atoms with Crippen molar-refractivity contribution in [3.05, 3.63) is 42.2 Å². The second kappa shape index (κ2) is 4.41. The summed E-state index contributed by atoms with van der Waals surface area (Å²) >= 11 is 0. The Morgan fingerprint density at radius 2 is 2.19 bits per heavy atom. The van der Waals surface area contributed by atoms with Gasteiger partial charge < -0.3 is 4.74 Å². The second-order valence-corrected chi connectivity index (χ2v) is 3.11. The molecular formula is C12H9N3O. The van der Waals surface area contributed by atoms with Crippen LogP contribution in [-0.2, 0) is 0 Å². The van der Waals surface area contributed by atoms with Crippen LogP contribution in [-0.4, -0.2) is 17.1 Å². The number of nitrogens with zero attached hydrogens (tertiary/aromatic N) is 3. The third-order valence-electron chi connectivity index (χ3n) is 2.10. The third kappa shape index (κ3) is 1.98. The van der Waals surface area contributed by atoms with Gasteiger partial charge in [-0.1, -0.05) is 12.1 Å². The minimum absolute atomic E-state index is 0.354. The monoisotopic (exact) mass is 211 g/mol. The molecule has 1 aromatic heterocycles. The molecule has 0 saturated heterocycles. The highest BCUT2D eigenvalue weighted by atomic mass is 16.5. The molecule has 0 saturated carbocycles. The zero-order valence-corrected chi connectivity index (χ0v) is 8.71. The normalized spacial score (nSPS) is 9.50. The van der Waals surface area contributed by atoms with E-state index in [1.165, 1.54) is 0 Å². The van der Waals surface area contributed by atoms with Crippen molar-refractivity contribution in [2.24, 2.45) is 0 Å². The molecule has 0 aliphatic carbocycles. The van der Waals surface area contributed by atoms with Gasteiger partial charge >= 0.3 is 0 Å². The molecule has 2 aromatic rings. The van der Waals surface area contributed by atoms with Crippen LogP contribution in [0.15, 0.2) is 36.5 Å². The molecule has 2 rings (SSSR count). The van der Waals surface area contributed by atoms with E-state index in [9.17, 15) is 0 Å². The number of nitriles is 1. The van der Waals surface area contributed by atoms with Crippen molar-refractivity contribution in [1.29, 1.82) is 5.26 Å². The average Bonchev–Trinajstić information content (AvgIpc) is 2.39. The molecule has 0 amide bonds. The van der Waals surface area contributed by atoms with Crippen LogP contribution >= 0.6 is 0 Å². The minimum Gasteiger partial charge on any atom is -0.497 e. The molecular weight excluding hydrogens is 202 g/mol. The predicted octanol–water partition coefficient (Wildman–Crippen LogP) is 2.02. The Labute approximate surface area is 93.2 Å². The van der Waals surface area contributed by atoms with Crippen LogP contribution < -0.4 is 4.74 Å². The molecule has 0 unspecified atom stereocenters. The first kappa shape index (κ1) is 10.1. The van der Waals surface area contributed by atoms with E-state index in [2.05, 4.69) is 9.97 Å². The molecule has 0 bridgehead atoms. The molecule has 0 aliphatic rings. The molecule has 0 atom stereocenters. The molecule has 0 aliphatic heterocycles. The molecule has 0 radical (unpaired) electrons. The van der Waals surface area contributed by atoms with E-state index in [4.69, 9.17) is 10.00 Å². The van der Waals surface area contributed by atoms with Crippen molar-refractivity contribution in [2.75, 3.05) is 7.11 Å². The molecule has 0 N–H and O–H groups in total. The van der Waals surface area contributed by atoms with Crippen LogP contribution in [0.1, 0.15) is 5.69 Å². The van der Waals surface area contributed by atoms with E-state index < -0.39 is 0 Å². The fourth-order valence-electron chi connectivity index (χ4n) is 1.32. The van der Waals surface area contributed by atoms with Gasteiger partial charge in [0, 0.05) is 11.8 Å². The highest BCUT2D eigenvalue weighted by Crippen LogP contribution is 2.20. The number of aromatic nitrogens is 2. The Balaban J connectivity index is 2.46. The first-order chi connectivity index (χ1) is 7.83. The first-order valence-electron chi connectivity index (χ1n) is 4.71. The summed E-state index contributed by atoms with van der Waals surface area (Å²) in [6, 6.07) is 11.0. The summed E-state index contributed by atoms with van der Waals surface area (Å²) in [6.07, 6.45) is 1.57. The fourth-order valence-corrected chi connectivity index (χ4v) is 1.32. The Bertz CT molecular complexity index is 546. The van der Waals surface area contributed by atoms with E-state index in [-0.39, 0.29) is 0 Å². The predicted molar refractivity (Wildman–Crippen MR) is 58.7 cm³/mol. The topological polar surface area (TPSA) is 58.8 Å². The van der Waals surface area contributed by atoms with Crippen LogP contribution in [0.5, 0.6) is 5.75 Å². The lowest BCUT2D eigenvalue weighted by atomic mass is 10.2. The molecule has 4 heteroatoms. The molecule has 4 nitrogen and oxygen atoms in total. The van der Waals surface area contributed by atoms with Gasteiger partial charge in [0.2, 0.25) is 0 Å². The van der Waals surface area contributed by atoms with Crippen LogP contribution in [0.4, 0.5) is 0 Å². The Morgan fingerprint density at radius 1 is 1.31 bits per heavy atom. The maximum atomic E-state index is 8.74. The van der Waals surface area contributed by atoms with E-state index >= 15 is 0 Å². The molecule has 0 spiro atoms. The van der Waals surface area contributed by atoms with Crippen LogP contribution in [0.25, 0.3) is 11.4 Å². The van der Waals surface area contributed by atoms with E-state index in [1.54, 1.807) is 19.4 Å². The van der Waals surface area contributed by atoms with Gasteiger partial charge in [0.15, 0.2) is 5.82 Å². The Morgan fingerprint density at radius 3 is 2.94 bits per heavy atom. The van der Waals surface area contributed by atoms with Gasteiger partial charge in [0.1, 0.15) is 17.5 Å². The largest absolute Gasteiger partial charge is 0.497 e. The zero-order chi connectivity index (χ0) is 11.4. The number of benzene rings is 1. The van der Waals surface area contributed by atoms with Crippen molar-refractivity contribution >= 4 is 0 Å². The molecule has 0 fully saturated rings. The van der Waals surface area contributed by atoms with Crippen molar-refractivity contribution in [2.45, 2.75) is 0 Å². The summed E-state index contributed by atoms with van der Waals surface area (Å²) in [6.45, 7) is 0. The lowest BCUT2D eigenvalue weighted by molar-refractivity contribution is 0.415. The highest BCUT2D eigenvalue weighted by molar-refractivity contribution is 5.57. The summed E-state index contributed by atoms with van der Waals surface area (Å²) in [5, 5.41) is 8.74. The van der Waals surface area contributed by atoms with E-state index in [0.29, 0.717) is 11.5 Å². The van der Waals surface area contributed by atoms with Crippen LogP contribution in [0.2, 0.25) is 0 Å². The van der Waals surface area contributed by atoms with Crippen LogP contribution in [0.3, 0.4) is 0 Å². The SMILES string of the molecule is COc1cccc(-c2nccc(C#N)n2)c1. The maximum absolute atomic E-state index is 8.74. The number of rotatable bonds is 2. The lowest BCUT2D eigenvalue weighted by Crippen LogP contribution is -1.91. The summed E-state index contributed by atoms with van der Waals surface area (Å²) in [5.41, 5.74) is 1.18. The first-order valence-corrected chi connectivity index (χ1v) is 4.71. The second-order valence-electron chi connectivity index (χ2n) is 3.11. The maximum Gasteiger partial charge on any atom is 0.160 e. The summed E-state index contributed by atoms with van der Waals surface area (Å²) in [7, 11) is 1.60. The quantitative estimate of drug-likeness (QED) is 0.762. The summed E-state index contributed by atoms with van der Waals surface area (Å²) < 4.78 is 5.11. The number of ether oxygens (including phenoxy) is 1. The average molecular weight is 211 g/mol. The van der Waals surface area contributed by atoms with Gasteiger partial charge in [-0.05, 0) is 18.2 Å². The van der Waals surface area contributed by atoms with Gasteiger partial charge in [0.25, 0.3) is 0 Å². The smallest absolute Gasteiger partial charge is 0.160 e. The highest BCUT2D eigenvalue weighted by Gasteiger charge is 2.03. The number of methoxy groups -OCH3 is 1. The standard InChI is InChI=1S/C12H9N3O/c1-16-11-4-2-3-9(7-11)12-14-6-5-10(8-13)15-12/h2-7H,1H3. The van der Waals surface area contributed by atoms with Crippen molar-refractivity contribution < 1.29 is 4.74 Å². The summed E-state index contributed by atoms with van der Waals surface area (Å²) in [5.74, 6) is 1.27. The van der Waals surface area contributed by atoms with Gasteiger partial charge in [-0.15, -0.1) is 0 Å². The van der Waals surface area contributed by atoms with Crippen LogP contribution in [0, 0.1) is 11.3 Å². The zero-order valence-electron chi connectivity index (χ0n) is 8.71. The van der Waals surface area contributed by atoms with Crippen molar-refractivity contribution in [3.63, 3.8) is 0 Å². The fraction of sp³-hybridized carbons (Fsp3) is 0.0833.